The number of halogens is 2. The Hall–Kier alpha value is -0.910. The Morgan fingerprint density at radius 2 is 2.32 bits per heavy atom. The van der Waals surface area contributed by atoms with Gasteiger partial charge in [-0.3, -0.25) is 4.79 Å². The van der Waals surface area contributed by atoms with Crippen molar-refractivity contribution < 1.29 is 4.79 Å². The van der Waals surface area contributed by atoms with E-state index >= 15 is 0 Å². The SMILES string of the molecule is CC(CNC(=O)c1cc(Cl)cc(Br)c1)c1nccs1. The third-order valence-electron chi connectivity index (χ3n) is 2.57. The summed E-state index contributed by atoms with van der Waals surface area (Å²) in [5.41, 5.74) is 0.547. The predicted molar refractivity (Wildman–Crippen MR) is 82.0 cm³/mol. The minimum atomic E-state index is -0.133. The molecule has 1 heterocycles. The smallest absolute Gasteiger partial charge is 0.251 e. The molecule has 0 saturated carbocycles. The highest BCUT2D eigenvalue weighted by Crippen LogP contribution is 2.20. The highest BCUT2D eigenvalue weighted by molar-refractivity contribution is 9.10. The number of carbonyl (C=O) groups is 1. The molecule has 2 aromatic rings. The zero-order chi connectivity index (χ0) is 13.8. The summed E-state index contributed by atoms with van der Waals surface area (Å²) in [4.78, 5) is 16.2. The number of benzene rings is 1. The quantitative estimate of drug-likeness (QED) is 0.893. The summed E-state index contributed by atoms with van der Waals surface area (Å²) < 4.78 is 0.790. The van der Waals surface area contributed by atoms with Crippen molar-refractivity contribution in [2.45, 2.75) is 12.8 Å². The summed E-state index contributed by atoms with van der Waals surface area (Å²) in [6, 6.07) is 5.14. The van der Waals surface area contributed by atoms with Crippen molar-refractivity contribution in [1.82, 2.24) is 10.3 Å². The van der Waals surface area contributed by atoms with Crippen LogP contribution in [-0.4, -0.2) is 17.4 Å². The Balaban J connectivity index is 1.98. The molecule has 0 radical (unpaired) electrons. The van der Waals surface area contributed by atoms with Gasteiger partial charge in [-0.25, -0.2) is 4.98 Å². The maximum atomic E-state index is 12.0. The van der Waals surface area contributed by atoms with Crippen LogP contribution in [0.3, 0.4) is 0 Å². The van der Waals surface area contributed by atoms with Crippen LogP contribution in [0.4, 0.5) is 0 Å². The number of thiazole rings is 1. The second kappa shape index (κ2) is 6.50. The van der Waals surface area contributed by atoms with Crippen LogP contribution in [0.15, 0.2) is 34.2 Å². The van der Waals surface area contributed by atoms with Crippen molar-refractivity contribution in [3.8, 4) is 0 Å². The van der Waals surface area contributed by atoms with Crippen molar-refractivity contribution in [1.29, 1.82) is 0 Å². The largest absolute Gasteiger partial charge is 0.351 e. The lowest BCUT2D eigenvalue weighted by Crippen LogP contribution is -2.27. The number of hydrogen-bond donors (Lipinski definition) is 1. The minimum Gasteiger partial charge on any atom is -0.351 e. The maximum absolute atomic E-state index is 12.0. The highest BCUT2D eigenvalue weighted by atomic mass is 79.9. The van der Waals surface area contributed by atoms with Gasteiger partial charge < -0.3 is 5.32 Å². The Labute approximate surface area is 129 Å². The third-order valence-corrected chi connectivity index (χ3v) is 4.25. The van der Waals surface area contributed by atoms with Crippen molar-refractivity contribution in [3.05, 3.63) is 49.8 Å². The summed E-state index contributed by atoms with van der Waals surface area (Å²) in [6.45, 7) is 2.59. The molecule has 1 aromatic carbocycles. The van der Waals surface area contributed by atoms with Gasteiger partial charge in [0.2, 0.25) is 0 Å². The van der Waals surface area contributed by atoms with E-state index in [1.165, 1.54) is 0 Å². The fraction of sp³-hybridized carbons (Fsp3) is 0.231. The zero-order valence-corrected chi connectivity index (χ0v) is 13.3. The van der Waals surface area contributed by atoms with Crippen LogP contribution in [-0.2, 0) is 0 Å². The predicted octanol–water partition coefficient (Wildman–Crippen LogP) is 4.09. The molecule has 2 rings (SSSR count). The van der Waals surface area contributed by atoms with Crippen molar-refractivity contribution in [2.75, 3.05) is 6.54 Å². The van der Waals surface area contributed by atoms with Crippen LogP contribution in [0.2, 0.25) is 5.02 Å². The van der Waals surface area contributed by atoms with Gasteiger partial charge in [-0.2, -0.15) is 0 Å². The van der Waals surface area contributed by atoms with E-state index < -0.39 is 0 Å². The highest BCUT2D eigenvalue weighted by Gasteiger charge is 2.12. The Morgan fingerprint density at radius 1 is 1.53 bits per heavy atom. The molecule has 3 nitrogen and oxygen atoms in total. The molecule has 0 bridgehead atoms. The standard InChI is InChI=1S/C13H12BrClN2OS/c1-8(13-16-2-3-19-13)7-17-12(18)9-4-10(14)6-11(15)5-9/h2-6,8H,7H2,1H3,(H,17,18). The third kappa shape index (κ3) is 4.03. The number of hydrogen-bond acceptors (Lipinski definition) is 3. The number of amides is 1. The normalized spacial score (nSPS) is 12.2. The van der Waals surface area contributed by atoms with Gasteiger partial charge in [0.1, 0.15) is 0 Å². The number of nitrogens with one attached hydrogen (secondary N) is 1. The molecule has 0 spiro atoms. The van der Waals surface area contributed by atoms with Crippen LogP contribution in [0.5, 0.6) is 0 Å². The van der Waals surface area contributed by atoms with Gasteiger partial charge >= 0.3 is 0 Å². The van der Waals surface area contributed by atoms with Crippen molar-refractivity contribution >= 4 is 44.8 Å². The van der Waals surface area contributed by atoms with Crippen LogP contribution in [0.1, 0.15) is 28.2 Å². The summed E-state index contributed by atoms with van der Waals surface area (Å²) >= 11 is 10.8. The lowest BCUT2D eigenvalue weighted by molar-refractivity contribution is 0.0951. The molecule has 100 valence electrons. The molecule has 1 atom stereocenters. The van der Waals surface area contributed by atoms with Crippen molar-refractivity contribution in [3.63, 3.8) is 0 Å². The van der Waals surface area contributed by atoms with E-state index in [-0.39, 0.29) is 11.8 Å². The monoisotopic (exact) mass is 358 g/mol. The maximum Gasteiger partial charge on any atom is 0.251 e. The Kier molecular flexibility index (Phi) is 4.96. The van der Waals surface area contributed by atoms with E-state index in [9.17, 15) is 4.79 Å². The first kappa shape index (κ1) is 14.5. The molecule has 0 aliphatic heterocycles. The van der Waals surface area contributed by atoms with Crippen molar-refractivity contribution in [2.24, 2.45) is 0 Å². The minimum absolute atomic E-state index is 0.133. The van der Waals surface area contributed by atoms with Gasteiger partial charge in [-0.05, 0) is 18.2 Å². The molecule has 1 aromatic heterocycles. The molecule has 1 N–H and O–H groups in total. The number of carbonyl (C=O) groups excluding carboxylic acids is 1. The van der Waals surface area contributed by atoms with Gasteiger partial charge in [0, 0.05) is 39.1 Å². The van der Waals surface area contributed by atoms with E-state index in [4.69, 9.17) is 11.6 Å². The number of aromatic nitrogens is 1. The first-order chi connectivity index (χ1) is 9.06. The molecule has 19 heavy (non-hydrogen) atoms. The van der Waals surface area contributed by atoms with E-state index in [2.05, 4.69) is 26.2 Å². The summed E-state index contributed by atoms with van der Waals surface area (Å²) in [5, 5.41) is 6.38. The number of nitrogens with zero attached hydrogens (tertiary/aromatic N) is 1. The lowest BCUT2D eigenvalue weighted by atomic mass is 10.1. The molecule has 0 saturated heterocycles. The molecule has 1 amide bonds. The second-order valence-corrected chi connectivity index (χ2v) is 6.42. The van der Waals surface area contributed by atoms with E-state index in [1.807, 2.05) is 12.3 Å². The summed E-state index contributed by atoms with van der Waals surface area (Å²) in [6.07, 6.45) is 1.77. The molecular formula is C13H12BrClN2OS. The van der Waals surface area contributed by atoms with E-state index in [1.54, 1.807) is 35.7 Å². The van der Waals surface area contributed by atoms with Gasteiger partial charge in [0.15, 0.2) is 0 Å². The van der Waals surface area contributed by atoms with Crippen LogP contribution < -0.4 is 5.32 Å². The van der Waals surface area contributed by atoms with E-state index in [0.717, 1.165) is 9.48 Å². The van der Waals surface area contributed by atoms with Gasteiger partial charge in [-0.15, -0.1) is 11.3 Å². The van der Waals surface area contributed by atoms with E-state index in [0.29, 0.717) is 17.1 Å². The van der Waals surface area contributed by atoms with Crippen LogP contribution in [0.25, 0.3) is 0 Å². The molecule has 0 fully saturated rings. The Bertz CT molecular complexity index is 554. The van der Waals surface area contributed by atoms with Gasteiger partial charge in [0.05, 0.1) is 5.01 Å². The van der Waals surface area contributed by atoms with Crippen LogP contribution >= 0.6 is 38.9 Å². The van der Waals surface area contributed by atoms with Gasteiger partial charge in [-0.1, -0.05) is 34.5 Å². The lowest BCUT2D eigenvalue weighted by Gasteiger charge is -2.10. The first-order valence-electron chi connectivity index (χ1n) is 5.70. The van der Waals surface area contributed by atoms with Gasteiger partial charge in [0.25, 0.3) is 5.91 Å². The first-order valence-corrected chi connectivity index (χ1v) is 7.75. The Morgan fingerprint density at radius 3 is 2.95 bits per heavy atom. The molecule has 6 heteroatoms. The molecule has 1 unspecified atom stereocenters. The summed E-state index contributed by atoms with van der Waals surface area (Å²) in [7, 11) is 0. The average Bonchev–Trinajstić information content (AvgIpc) is 2.88. The fourth-order valence-corrected chi connectivity index (χ4v) is 3.16. The number of rotatable bonds is 4. The fourth-order valence-electron chi connectivity index (χ4n) is 1.60. The topological polar surface area (TPSA) is 42.0 Å². The zero-order valence-electron chi connectivity index (χ0n) is 10.2. The second-order valence-electron chi connectivity index (χ2n) is 4.14. The molecule has 0 aliphatic carbocycles. The molecular weight excluding hydrogens is 348 g/mol. The molecule has 0 aliphatic rings. The van der Waals surface area contributed by atoms with Crippen LogP contribution in [0, 0.1) is 0 Å². The summed E-state index contributed by atoms with van der Waals surface area (Å²) in [5.74, 6) is 0.0678. The average molecular weight is 360 g/mol.